The maximum Gasteiger partial charge on any atom is 0.244 e. The third kappa shape index (κ3) is 4.12. The number of amides is 1. The van der Waals surface area contributed by atoms with E-state index in [1.165, 1.54) is 4.31 Å². The number of para-hydroxylation sites is 1. The average molecular weight is 458 g/mol. The molecular formula is C23H27N3O3S2. The fourth-order valence-corrected chi connectivity index (χ4v) is 7.58. The number of fused-ring (bicyclic) bond motifs is 1. The minimum Gasteiger partial charge on any atom is -0.338 e. The lowest BCUT2D eigenvalue weighted by Crippen LogP contribution is -2.46. The van der Waals surface area contributed by atoms with Crippen molar-refractivity contribution >= 4 is 37.5 Å². The maximum absolute atomic E-state index is 13.5. The number of hydrogen-bond donors (Lipinski definition) is 0. The predicted molar refractivity (Wildman–Crippen MR) is 124 cm³/mol. The lowest BCUT2D eigenvalue weighted by Gasteiger charge is -2.28. The van der Waals surface area contributed by atoms with Crippen LogP contribution in [0.15, 0.2) is 41.3 Å². The number of nitrogens with zero attached hydrogens (tertiary/aromatic N) is 3. The van der Waals surface area contributed by atoms with Crippen molar-refractivity contribution in [3.05, 3.63) is 58.1 Å². The number of likely N-dealkylation sites (N-methyl/N-ethyl adjacent to an activating group) is 1. The van der Waals surface area contributed by atoms with Crippen LogP contribution in [0.3, 0.4) is 0 Å². The fraction of sp³-hybridized carbons (Fsp3) is 0.391. The van der Waals surface area contributed by atoms with Crippen LogP contribution in [0.4, 0.5) is 0 Å². The number of carbonyl (C=O) groups is 1. The van der Waals surface area contributed by atoms with Gasteiger partial charge in [0.2, 0.25) is 15.9 Å². The molecule has 6 nitrogen and oxygen atoms in total. The molecule has 0 N–H and O–H groups in total. The molecule has 164 valence electrons. The van der Waals surface area contributed by atoms with Crippen LogP contribution in [-0.2, 0) is 21.4 Å². The molecule has 0 bridgehead atoms. The number of hydrogen-bond acceptors (Lipinski definition) is 5. The molecule has 2 heterocycles. The molecule has 31 heavy (non-hydrogen) atoms. The largest absolute Gasteiger partial charge is 0.338 e. The SMILES string of the molecule is Cc1cc(C)c(S(=O)(=O)N2CCCC2C(=O)N(C)Cc2nc3ccccc3s2)c(C)c1. The Balaban J connectivity index is 1.58. The Morgan fingerprint density at radius 2 is 1.87 bits per heavy atom. The van der Waals surface area contributed by atoms with Crippen molar-refractivity contribution in [2.75, 3.05) is 13.6 Å². The molecule has 1 unspecified atom stereocenters. The molecule has 1 atom stereocenters. The van der Waals surface area contributed by atoms with E-state index in [1.807, 2.05) is 57.2 Å². The molecule has 0 spiro atoms. The van der Waals surface area contributed by atoms with Crippen LogP contribution in [-0.4, -0.2) is 48.1 Å². The van der Waals surface area contributed by atoms with Gasteiger partial charge < -0.3 is 4.90 Å². The highest BCUT2D eigenvalue weighted by atomic mass is 32.2. The summed E-state index contributed by atoms with van der Waals surface area (Å²) >= 11 is 1.56. The molecule has 3 aromatic rings. The number of aromatic nitrogens is 1. The van der Waals surface area contributed by atoms with Crippen LogP contribution in [0.5, 0.6) is 0 Å². The van der Waals surface area contributed by atoms with Crippen LogP contribution in [0.1, 0.15) is 34.5 Å². The van der Waals surface area contributed by atoms with Gasteiger partial charge in [-0.2, -0.15) is 4.31 Å². The zero-order chi connectivity index (χ0) is 22.3. The molecule has 1 aromatic heterocycles. The first kappa shape index (κ1) is 21.9. The zero-order valence-electron chi connectivity index (χ0n) is 18.3. The summed E-state index contributed by atoms with van der Waals surface area (Å²) in [4.78, 5) is 19.8. The first-order valence-corrected chi connectivity index (χ1v) is 12.6. The summed E-state index contributed by atoms with van der Waals surface area (Å²) in [6, 6.07) is 11.0. The van der Waals surface area contributed by atoms with Crippen molar-refractivity contribution in [3.63, 3.8) is 0 Å². The highest BCUT2D eigenvalue weighted by Gasteiger charge is 2.41. The van der Waals surface area contributed by atoms with Gasteiger partial charge >= 0.3 is 0 Å². The second kappa shape index (κ2) is 8.33. The summed E-state index contributed by atoms with van der Waals surface area (Å²) < 4.78 is 29.6. The Morgan fingerprint density at radius 3 is 2.55 bits per heavy atom. The van der Waals surface area contributed by atoms with Gasteiger partial charge in [-0.1, -0.05) is 29.8 Å². The average Bonchev–Trinajstić information content (AvgIpc) is 3.33. The van der Waals surface area contributed by atoms with Gasteiger partial charge in [-0.15, -0.1) is 11.3 Å². The number of carbonyl (C=O) groups excluding carboxylic acids is 1. The van der Waals surface area contributed by atoms with E-state index in [2.05, 4.69) is 4.98 Å². The Morgan fingerprint density at radius 1 is 1.19 bits per heavy atom. The summed E-state index contributed by atoms with van der Waals surface area (Å²) in [6.45, 7) is 6.32. The third-order valence-electron chi connectivity index (χ3n) is 5.75. The normalized spacial score (nSPS) is 17.4. The zero-order valence-corrected chi connectivity index (χ0v) is 19.9. The van der Waals surface area contributed by atoms with Crippen molar-refractivity contribution in [3.8, 4) is 0 Å². The van der Waals surface area contributed by atoms with E-state index in [-0.39, 0.29) is 5.91 Å². The van der Waals surface area contributed by atoms with Crippen LogP contribution in [0.25, 0.3) is 10.2 Å². The maximum atomic E-state index is 13.5. The molecule has 2 aromatic carbocycles. The van der Waals surface area contributed by atoms with Crippen LogP contribution >= 0.6 is 11.3 Å². The second-order valence-corrected chi connectivity index (χ2v) is 11.2. The van der Waals surface area contributed by atoms with Crippen molar-refractivity contribution in [2.24, 2.45) is 0 Å². The first-order chi connectivity index (χ1) is 14.7. The van der Waals surface area contributed by atoms with Crippen molar-refractivity contribution < 1.29 is 13.2 Å². The van der Waals surface area contributed by atoms with Gasteiger partial charge in [-0.25, -0.2) is 13.4 Å². The summed E-state index contributed by atoms with van der Waals surface area (Å²) in [5.74, 6) is -0.178. The minimum absolute atomic E-state index is 0.178. The smallest absolute Gasteiger partial charge is 0.244 e. The molecule has 1 amide bonds. The number of rotatable bonds is 5. The van der Waals surface area contributed by atoms with Crippen molar-refractivity contribution in [1.82, 2.24) is 14.2 Å². The fourth-order valence-electron chi connectivity index (χ4n) is 4.49. The van der Waals surface area contributed by atoms with E-state index >= 15 is 0 Å². The molecule has 4 rings (SSSR count). The van der Waals surface area contributed by atoms with E-state index < -0.39 is 16.1 Å². The second-order valence-electron chi connectivity index (χ2n) is 8.27. The number of benzene rings is 2. The van der Waals surface area contributed by atoms with Gasteiger partial charge in [0, 0.05) is 13.6 Å². The van der Waals surface area contributed by atoms with Gasteiger partial charge in [-0.3, -0.25) is 4.79 Å². The van der Waals surface area contributed by atoms with E-state index in [0.29, 0.717) is 30.8 Å². The number of aryl methyl sites for hydroxylation is 3. The quantitative estimate of drug-likeness (QED) is 0.580. The molecule has 0 aliphatic carbocycles. The van der Waals surface area contributed by atoms with Crippen molar-refractivity contribution in [2.45, 2.75) is 51.1 Å². The number of sulfonamides is 1. The van der Waals surface area contributed by atoms with Crippen molar-refractivity contribution in [1.29, 1.82) is 0 Å². The van der Waals surface area contributed by atoms with Gasteiger partial charge in [0.25, 0.3) is 0 Å². The van der Waals surface area contributed by atoms with Gasteiger partial charge in [-0.05, 0) is 56.9 Å². The lowest BCUT2D eigenvalue weighted by atomic mass is 10.1. The third-order valence-corrected chi connectivity index (χ3v) is 8.98. The van der Waals surface area contributed by atoms with E-state index in [0.717, 1.165) is 31.9 Å². The monoisotopic (exact) mass is 457 g/mol. The molecule has 8 heteroatoms. The topological polar surface area (TPSA) is 70.6 Å². The molecule has 1 aliphatic rings. The van der Waals surface area contributed by atoms with Crippen LogP contribution in [0, 0.1) is 20.8 Å². The molecule has 1 fully saturated rings. The molecule has 0 radical (unpaired) electrons. The van der Waals surface area contributed by atoms with Gasteiger partial charge in [0.1, 0.15) is 11.0 Å². The highest BCUT2D eigenvalue weighted by Crippen LogP contribution is 2.32. The summed E-state index contributed by atoms with van der Waals surface area (Å²) in [7, 11) is -2.04. The number of thiazole rings is 1. The molecule has 0 saturated carbocycles. The Labute approximate surface area is 187 Å². The lowest BCUT2D eigenvalue weighted by molar-refractivity contribution is -0.133. The minimum atomic E-state index is -3.77. The van der Waals surface area contributed by atoms with E-state index in [4.69, 9.17) is 0 Å². The van der Waals surface area contributed by atoms with E-state index in [9.17, 15) is 13.2 Å². The first-order valence-electron chi connectivity index (χ1n) is 10.4. The Bertz CT molecular complexity index is 1190. The Hall–Kier alpha value is -2.29. The van der Waals surface area contributed by atoms with Gasteiger partial charge in [0.05, 0.1) is 21.7 Å². The van der Waals surface area contributed by atoms with Crippen LogP contribution < -0.4 is 0 Å². The highest BCUT2D eigenvalue weighted by molar-refractivity contribution is 7.89. The molecule has 1 aliphatic heterocycles. The molecular weight excluding hydrogens is 430 g/mol. The van der Waals surface area contributed by atoms with Crippen LogP contribution in [0.2, 0.25) is 0 Å². The summed E-state index contributed by atoms with van der Waals surface area (Å²) in [5, 5.41) is 0.842. The molecule has 1 saturated heterocycles. The van der Waals surface area contributed by atoms with E-state index in [1.54, 1.807) is 23.3 Å². The summed E-state index contributed by atoms with van der Waals surface area (Å²) in [5.41, 5.74) is 3.38. The Kier molecular flexibility index (Phi) is 5.89. The summed E-state index contributed by atoms with van der Waals surface area (Å²) in [6.07, 6.45) is 1.21. The van der Waals surface area contributed by atoms with Gasteiger partial charge in [0.15, 0.2) is 0 Å². The predicted octanol–water partition coefficient (Wildman–Crippen LogP) is 4.03. The standard InChI is InChI=1S/C23H27N3O3S2/c1-15-12-16(2)22(17(3)13-15)31(28,29)26-11-7-9-19(26)23(27)25(4)14-21-24-18-8-5-6-10-20(18)30-21/h5-6,8,10,12-13,19H,7,9,11,14H2,1-4H3.